The lowest BCUT2D eigenvalue weighted by molar-refractivity contribution is -0.145. The van der Waals surface area contributed by atoms with E-state index in [9.17, 15) is 28.8 Å². The number of piperidine rings is 1. The van der Waals surface area contributed by atoms with E-state index in [1.165, 1.54) is 4.90 Å². The first kappa shape index (κ1) is 33.7. The number of carbonyl (C=O) groups excluding carboxylic acids is 6. The smallest absolute Gasteiger partial charge is 0.410 e. The molecule has 45 heavy (non-hydrogen) atoms. The van der Waals surface area contributed by atoms with Crippen LogP contribution >= 0.6 is 0 Å². The van der Waals surface area contributed by atoms with Gasteiger partial charge in [-0.25, -0.2) is 4.79 Å². The highest BCUT2D eigenvalue weighted by Gasteiger charge is 2.42. The number of hydrogen-bond acceptors (Lipinski definition) is 7. The number of nitrogens with one attached hydrogen (secondary N) is 2. The van der Waals surface area contributed by atoms with Gasteiger partial charge in [0.25, 0.3) is 0 Å². The minimum atomic E-state index is -0.852. The van der Waals surface area contributed by atoms with E-state index in [2.05, 4.69) is 10.6 Å². The summed E-state index contributed by atoms with van der Waals surface area (Å²) in [6, 6.07) is 7.26. The summed E-state index contributed by atoms with van der Waals surface area (Å²) in [5, 5.41) is 5.25. The summed E-state index contributed by atoms with van der Waals surface area (Å²) in [6.45, 7) is 5.34. The maximum atomic E-state index is 13.6. The average Bonchev–Trinajstić information content (AvgIpc) is 3.73. The maximum absolute atomic E-state index is 13.6. The molecule has 13 nitrogen and oxygen atoms in total. The number of amides is 6. The molecule has 1 aromatic carbocycles. The molecule has 0 aromatic heterocycles. The molecule has 3 atom stereocenters. The Balaban J connectivity index is 1.29. The van der Waals surface area contributed by atoms with Gasteiger partial charge < -0.3 is 30.9 Å². The molecule has 13 heteroatoms. The maximum Gasteiger partial charge on any atom is 0.410 e. The van der Waals surface area contributed by atoms with Crippen LogP contribution in [0, 0.1) is 11.8 Å². The van der Waals surface area contributed by atoms with Crippen molar-refractivity contribution in [3.8, 4) is 0 Å². The third-order valence-corrected chi connectivity index (χ3v) is 8.75. The van der Waals surface area contributed by atoms with Gasteiger partial charge in [-0.3, -0.25) is 28.9 Å². The molecule has 3 fully saturated rings. The van der Waals surface area contributed by atoms with Crippen molar-refractivity contribution in [2.75, 3.05) is 32.7 Å². The Kier molecular flexibility index (Phi) is 11.8. The Hall–Kier alpha value is -4.16. The number of likely N-dealkylation sites (tertiary alicyclic amines) is 3. The molecular weight excluding hydrogens is 580 g/mol. The molecule has 0 saturated carbocycles. The molecule has 4 rings (SSSR count). The Labute approximate surface area is 264 Å². The molecule has 0 radical (unpaired) electrons. The van der Waals surface area contributed by atoms with E-state index in [1.807, 2.05) is 44.2 Å². The Bertz CT molecular complexity index is 1230. The zero-order chi connectivity index (χ0) is 32.5. The summed E-state index contributed by atoms with van der Waals surface area (Å²) in [6.07, 6.45) is 3.24. The molecule has 3 heterocycles. The largest absolute Gasteiger partial charge is 0.445 e. The third kappa shape index (κ3) is 8.95. The van der Waals surface area contributed by atoms with E-state index in [0.29, 0.717) is 64.7 Å². The van der Waals surface area contributed by atoms with Crippen LogP contribution in [-0.2, 0) is 35.3 Å². The minimum Gasteiger partial charge on any atom is -0.445 e. The molecule has 3 saturated heterocycles. The zero-order valence-electron chi connectivity index (χ0n) is 26.2. The summed E-state index contributed by atoms with van der Waals surface area (Å²) < 4.78 is 5.48. The first-order valence-corrected chi connectivity index (χ1v) is 16.0. The highest BCUT2D eigenvalue weighted by Crippen LogP contribution is 2.28. The summed E-state index contributed by atoms with van der Waals surface area (Å²) in [5.41, 5.74) is 6.02. The summed E-state index contributed by atoms with van der Waals surface area (Å²) in [7, 11) is 0. The number of primary amides is 1. The van der Waals surface area contributed by atoms with Crippen molar-refractivity contribution in [3.05, 3.63) is 35.9 Å². The topological polar surface area (TPSA) is 171 Å². The first-order chi connectivity index (χ1) is 21.5. The Morgan fingerprint density at radius 1 is 0.867 bits per heavy atom. The van der Waals surface area contributed by atoms with Crippen molar-refractivity contribution in [1.29, 1.82) is 0 Å². The van der Waals surface area contributed by atoms with Gasteiger partial charge in [0, 0.05) is 32.1 Å². The number of benzene rings is 1. The molecule has 246 valence electrons. The van der Waals surface area contributed by atoms with Crippen molar-refractivity contribution in [1.82, 2.24) is 25.3 Å². The number of rotatable bonds is 11. The molecule has 0 aliphatic carbocycles. The molecule has 3 unspecified atom stereocenters. The van der Waals surface area contributed by atoms with E-state index in [1.54, 1.807) is 9.80 Å². The normalized spacial score (nSPS) is 21.0. The monoisotopic (exact) mass is 626 g/mol. The second-order valence-electron chi connectivity index (χ2n) is 12.6. The van der Waals surface area contributed by atoms with Crippen LogP contribution in [0.15, 0.2) is 30.3 Å². The van der Waals surface area contributed by atoms with E-state index in [0.717, 1.165) is 12.0 Å². The summed E-state index contributed by atoms with van der Waals surface area (Å²) in [5.74, 6) is -2.05. The number of ether oxygens (including phenoxy) is 1. The van der Waals surface area contributed by atoms with Gasteiger partial charge in [0.05, 0.1) is 6.54 Å². The van der Waals surface area contributed by atoms with Crippen LogP contribution in [0.1, 0.15) is 64.4 Å². The Morgan fingerprint density at radius 3 is 2.16 bits per heavy atom. The zero-order valence-corrected chi connectivity index (χ0v) is 26.2. The van der Waals surface area contributed by atoms with Crippen LogP contribution in [0.5, 0.6) is 0 Å². The quantitative estimate of drug-likeness (QED) is 0.331. The average molecular weight is 627 g/mol. The lowest BCUT2D eigenvalue weighted by Gasteiger charge is -2.36. The van der Waals surface area contributed by atoms with Gasteiger partial charge >= 0.3 is 6.09 Å². The van der Waals surface area contributed by atoms with E-state index < -0.39 is 41.9 Å². The van der Waals surface area contributed by atoms with Gasteiger partial charge in [-0.1, -0.05) is 44.2 Å². The fraction of sp³-hybridized carbons (Fsp3) is 0.625. The second-order valence-corrected chi connectivity index (χ2v) is 12.6. The fourth-order valence-corrected chi connectivity index (χ4v) is 6.41. The number of nitrogens with two attached hydrogens (primary N) is 1. The van der Waals surface area contributed by atoms with Gasteiger partial charge in [-0.05, 0) is 56.4 Å². The predicted molar refractivity (Wildman–Crippen MR) is 164 cm³/mol. The first-order valence-electron chi connectivity index (χ1n) is 16.0. The molecule has 0 spiro atoms. The van der Waals surface area contributed by atoms with Crippen molar-refractivity contribution in [2.24, 2.45) is 17.6 Å². The van der Waals surface area contributed by atoms with Crippen LogP contribution in [0.4, 0.5) is 4.79 Å². The number of hydrogen-bond donors (Lipinski definition) is 3. The highest BCUT2D eigenvalue weighted by molar-refractivity contribution is 5.94. The van der Waals surface area contributed by atoms with E-state index in [4.69, 9.17) is 10.5 Å². The molecule has 3 aliphatic heterocycles. The van der Waals surface area contributed by atoms with Gasteiger partial charge in [-0.15, -0.1) is 0 Å². The predicted octanol–water partition coefficient (Wildman–Crippen LogP) is 1.15. The van der Waals surface area contributed by atoms with Crippen molar-refractivity contribution < 1.29 is 33.5 Å². The van der Waals surface area contributed by atoms with Gasteiger partial charge in [-0.2, -0.15) is 0 Å². The fourth-order valence-electron chi connectivity index (χ4n) is 6.41. The van der Waals surface area contributed by atoms with Crippen LogP contribution in [0.2, 0.25) is 0 Å². The molecule has 6 amide bonds. The SMILES string of the molecule is CC(C)CC(NC(=O)C1CCCN1C(=O)C1CCN(C(=O)C2CCCN2C(=O)OCc2ccccc2)CC1)C(=O)NCC(N)=O. The molecule has 3 aliphatic rings. The standard InChI is InChI=1S/C32H46N6O7/c1-21(2)18-24(28(40)34-19-27(33)39)35-29(41)25-10-6-14-37(25)30(42)23-12-16-36(17-13-23)31(43)26-11-7-15-38(26)32(44)45-20-22-8-4-3-5-9-22/h3-5,8-9,21,23-26H,6-7,10-20H2,1-2H3,(H2,33,39)(H,34,40)(H,35,41). The summed E-state index contributed by atoms with van der Waals surface area (Å²) >= 11 is 0. The van der Waals surface area contributed by atoms with Gasteiger partial charge in [0.1, 0.15) is 24.7 Å². The van der Waals surface area contributed by atoms with E-state index >= 15 is 0 Å². The number of carbonyl (C=O) groups is 6. The second kappa shape index (κ2) is 15.7. The van der Waals surface area contributed by atoms with Gasteiger partial charge in [0.2, 0.25) is 29.5 Å². The van der Waals surface area contributed by atoms with Crippen molar-refractivity contribution in [3.63, 3.8) is 0 Å². The van der Waals surface area contributed by atoms with Crippen LogP contribution in [0.25, 0.3) is 0 Å². The highest BCUT2D eigenvalue weighted by atomic mass is 16.6. The van der Waals surface area contributed by atoms with Crippen molar-refractivity contribution >= 4 is 35.6 Å². The van der Waals surface area contributed by atoms with Crippen LogP contribution in [-0.4, -0.2) is 101 Å². The van der Waals surface area contributed by atoms with Crippen LogP contribution in [0.3, 0.4) is 0 Å². The molecule has 0 bridgehead atoms. The van der Waals surface area contributed by atoms with Gasteiger partial charge in [0.15, 0.2) is 0 Å². The van der Waals surface area contributed by atoms with E-state index in [-0.39, 0.29) is 36.8 Å². The third-order valence-electron chi connectivity index (χ3n) is 8.75. The lowest BCUT2D eigenvalue weighted by Crippen LogP contribution is -2.55. The molecule has 1 aromatic rings. The lowest BCUT2D eigenvalue weighted by atomic mass is 9.94. The number of nitrogens with zero attached hydrogens (tertiary/aromatic N) is 3. The summed E-state index contributed by atoms with van der Waals surface area (Å²) in [4.78, 5) is 81.8. The molecule has 4 N–H and O–H groups in total. The minimum absolute atomic E-state index is 0.0973. The molecular formula is C32H46N6O7. The Morgan fingerprint density at radius 2 is 1.51 bits per heavy atom. The van der Waals surface area contributed by atoms with Crippen molar-refractivity contribution in [2.45, 2.75) is 83.5 Å². The van der Waals surface area contributed by atoms with Crippen LogP contribution < -0.4 is 16.4 Å².